The van der Waals surface area contributed by atoms with Crippen LogP contribution in [0.2, 0.25) is 0 Å². The topological polar surface area (TPSA) is 6.48 Å². The van der Waals surface area contributed by atoms with Crippen LogP contribution in [0, 0.1) is 12.8 Å². The van der Waals surface area contributed by atoms with Crippen LogP contribution in [0.5, 0.6) is 0 Å². The molecule has 2 aromatic rings. The minimum atomic E-state index is -2.12. The molecule has 0 spiro atoms. The molecule has 1 saturated carbocycles. The first-order chi connectivity index (χ1) is 15.4. The maximum Gasteiger partial charge on any atom is 0.0989 e. The predicted octanol–water partition coefficient (Wildman–Crippen LogP) is 6.27. The molecule has 5 rings (SSSR count). The van der Waals surface area contributed by atoms with E-state index >= 15 is 0 Å². The molecule has 0 radical (unpaired) electrons. The Hall–Kier alpha value is -2.22. The quantitative estimate of drug-likeness (QED) is 0.611. The van der Waals surface area contributed by atoms with Gasteiger partial charge >= 0.3 is 0 Å². The standard InChI is InChI=1S/C27H34N2/c1-20-12-10-11-17-25(20)29-21(2)26-27(18-19-28(26)22(29)3,23-13-6-4-7-14-23)24-15-8-5-9-16-24/h4,6-7,10-14,17-19,21-22,24,26H,5,8-9,15-16H2,1-3H3/t21-,22?,26?,27?/m0/s1/i3D3. The van der Waals surface area contributed by atoms with E-state index in [0.29, 0.717) is 5.92 Å². The van der Waals surface area contributed by atoms with Gasteiger partial charge in [0.1, 0.15) is 0 Å². The van der Waals surface area contributed by atoms with Crippen LogP contribution in [-0.2, 0) is 5.41 Å². The van der Waals surface area contributed by atoms with E-state index in [1.165, 1.54) is 37.7 Å². The van der Waals surface area contributed by atoms with Gasteiger partial charge in [-0.05, 0) is 62.9 Å². The molecule has 1 saturated heterocycles. The summed E-state index contributed by atoms with van der Waals surface area (Å²) in [6.07, 6.45) is 10.1. The van der Waals surface area contributed by atoms with E-state index in [0.717, 1.165) is 11.3 Å². The van der Waals surface area contributed by atoms with Crippen LogP contribution in [0.4, 0.5) is 5.69 Å². The molecule has 2 fully saturated rings. The van der Waals surface area contributed by atoms with Gasteiger partial charge in [-0.25, -0.2) is 0 Å². The monoisotopic (exact) mass is 389 g/mol. The molecular formula is C27H34N2. The average Bonchev–Trinajstić information content (AvgIpc) is 3.32. The first-order valence-corrected chi connectivity index (χ1v) is 11.2. The molecule has 2 heteroatoms. The summed E-state index contributed by atoms with van der Waals surface area (Å²) in [7, 11) is 0. The number of para-hydroxylation sites is 1. The zero-order valence-corrected chi connectivity index (χ0v) is 17.6. The Morgan fingerprint density at radius 1 is 0.966 bits per heavy atom. The third-order valence-corrected chi connectivity index (χ3v) is 7.72. The Labute approximate surface area is 180 Å². The number of benzene rings is 2. The fraction of sp³-hybridized carbons (Fsp3) is 0.481. The van der Waals surface area contributed by atoms with Gasteiger partial charge in [0, 0.05) is 21.3 Å². The number of hydrogen-bond acceptors (Lipinski definition) is 2. The molecule has 1 aliphatic carbocycles. The van der Waals surface area contributed by atoms with Gasteiger partial charge in [-0.15, -0.1) is 0 Å². The van der Waals surface area contributed by atoms with Crippen molar-refractivity contribution < 1.29 is 4.11 Å². The van der Waals surface area contributed by atoms with Crippen LogP contribution in [0.1, 0.15) is 61.1 Å². The zero-order valence-electron chi connectivity index (χ0n) is 20.6. The highest BCUT2D eigenvalue weighted by Crippen LogP contribution is 2.54. The van der Waals surface area contributed by atoms with E-state index in [1.807, 2.05) is 12.1 Å². The summed E-state index contributed by atoms with van der Waals surface area (Å²) in [4.78, 5) is 4.38. The summed E-state index contributed by atoms with van der Waals surface area (Å²) in [5.74, 6) is 0.529. The second kappa shape index (κ2) is 7.23. The fourth-order valence-corrected chi connectivity index (χ4v) is 6.44. The van der Waals surface area contributed by atoms with Gasteiger partial charge in [-0.2, -0.15) is 0 Å². The van der Waals surface area contributed by atoms with Crippen molar-refractivity contribution in [3.05, 3.63) is 78.0 Å². The number of aryl methyl sites for hydroxylation is 1. The Kier molecular flexibility index (Phi) is 3.89. The molecule has 29 heavy (non-hydrogen) atoms. The lowest BCUT2D eigenvalue weighted by atomic mass is 9.61. The van der Waals surface area contributed by atoms with Crippen LogP contribution in [-0.4, -0.2) is 23.1 Å². The van der Waals surface area contributed by atoms with Crippen molar-refractivity contribution in [3.63, 3.8) is 0 Å². The van der Waals surface area contributed by atoms with E-state index in [2.05, 4.69) is 78.4 Å². The van der Waals surface area contributed by atoms with E-state index in [-0.39, 0.29) is 17.5 Å². The third-order valence-electron chi connectivity index (χ3n) is 7.72. The van der Waals surface area contributed by atoms with Crippen molar-refractivity contribution in [2.24, 2.45) is 5.92 Å². The normalized spacial score (nSPS) is 34.0. The first-order valence-electron chi connectivity index (χ1n) is 12.7. The van der Waals surface area contributed by atoms with Crippen LogP contribution < -0.4 is 4.90 Å². The lowest BCUT2D eigenvalue weighted by Crippen LogP contribution is -2.51. The minimum absolute atomic E-state index is 0.0682. The van der Waals surface area contributed by atoms with Gasteiger partial charge in [0.25, 0.3) is 0 Å². The summed E-state index contributed by atoms with van der Waals surface area (Å²) in [6.45, 7) is 2.21. The summed E-state index contributed by atoms with van der Waals surface area (Å²) < 4.78 is 25.5. The van der Waals surface area contributed by atoms with Crippen LogP contribution in [0.15, 0.2) is 66.9 Å². The molecule has 3 unspecified atom stereocenters. The SMILES string of the molecule is [2H]C([2H])([2H])C1N2C=CC(c3ccccc3)(C3CCCCC3)C2[C@H](C)N1c1ccccc1C. The molecule has 152 valence electrons. The molecule has 2 heterocycles. The van der Waals surface area contributed by atoms with Gasteiger partial charge in [-0.3, -0.25) is 0 Å². The van der Waals surface area contributed by atoms with Crippen molar-refractivity contribution in [1.29, 1.82) is 0 Å². The number of rotatable bonds is 3. The van der Waals surface area contributed by atoms with Gasteiger partial charge in [-0.1, -0.05) is 73.9 Å². The molecule has 0 bridgehead atoms. The van der Waals surface area contributed by atoms with Crippen LogP contribution >= 0.6 is 0 Å². The average molecular weight is 390 g/mol. The van der Waals surface area contributed by atoms with E-state index < -0.39 is 13.0 Å². The van der Waals surface area contributed by atoms with Gasteiger partial charge < -0.3 is 9.80 Å². The summed E-state index contributed by atoms with van der Waals surface area (Å²) in [6, 6.07) is 19.3. The fourth-order valence-electron chi connectivity index (χ4n) is 6.44. The Balaban J connectivity index is 1.68. The molecular weight excluding hydrogens is 352 g/mol. The lowest BCUT2D eigenvalue weighted by molar-refractivity contribution is 0.154. The largest absolute Gasteiger partial charge is 0.352 e. The molecule has 0 amide bonds. The first kappa shape index (κ1) is 15.6. The summed E-state index contributed by atoms with van der Waals surface area (Å²) >= 11 is 0. The second-order valence-electron chi connectivity index (χ2n) is 9.15. The van der Waals surface area contributed by atoms with E-state index in [9.17, 15) is 0 Å². The molecule has 3 aliphatic rings. The lowest BCUT2D eigenvalue weighted by Gasteiger charge is -2.45. The molecule has 2 nitrogen and oxygen atoms in total. The van der Waals surface area contributed by atoms with Gasteiger partial charge in [0.2, 0.25) is 0 Å². The van der Waals surface area contributed by atoms with Crippen molar-refractivity contribution in [3.8, 4) is 0 Å². The van der Waals surface area contributed by atoms with Gasteiger partial charge in [0.05, 0.1) is 12.2 Å². The number of nitrogens with zero attached hydrogens (tertiary/aromatic N) is 2. The van der Waals surface area contributed by atoms with Crippen LogP contribution in [0.25, 0.3) is 0 Å². The predicted molar refractivity (Wildman–Crippen MR) is 122 cm³/mol. The Morgan fingerprint density at radius 3 is 2.41 bits per heavy atom. The van der Waals surface area contributed by atoms with Crippen molar-refractivity contribution in [2.45, 2.75) is 76.5 Å². The highest BCUT2D eigenvalue weighted by atomic mass is 15.5. The van der Waals surface area contributed by atoms with Crippen molar-refractivity contribution >= 4 is 5.69 Å². The maximum absolute atomic E-state index is 8.52. The number of fused-ring (bicyclic) bond motifs is 1. The number of anilines is 1. The molecule has 0 N–H and O–H groups in total. The smallest absolute Gasteiger partial charge is 0.0989 e. The highest BCUT2D eigenvalue weighted by molar-refractivity contribution is 5.58. The van der Waals surface area contributed by atoms with Crippen LogP contribution in [0.3, 0.4) is 0 Å². The Morgan fingerprint density at radius 2 is 1.69 bits per heavy atom. The number of hydrogen-bond donors (Lipinski definition) is 0. The minimum Gasteiger partial charge on any atom is -0.352 e. The van der Waals surface area contributed by atoms with Crippen molar-refractivity contribution in [2.75, 3.05) is 4.90 Å². The highest BCUT2D eigenvalue weighted by Gasteiger charge is 2.58. The summed E-state index contributed by atoms with van der Waals surface area (Å²) in [5.41, 5.74) is 3.33. The zero-order chi connectivity index (χ0) is 22.5. The molecule has 2 aliphatic heterocycles. The van der Waals surface area contributed by atoms with Gasteiger partial charge in [0.15, 0.2) is 0 Å². The second-order valence-corrected chi connectivity index (χ2v) is 9.15. The maximum atomic E-state index is 8.52. The molecule has 4 atom stereocenters. The summed E-state index contributed by atoms with van der Waals surface area (Å²) in [5, 5.41) is 0. The Bertz CT molecular complexity index is 980. The third kappa shape index (κ3) is 2.75. The molecule has 0 aromatic heterocycles. The molecule has 2 aromatic carbocycles. The van der Waals surface area contributed by atoms with E-state index in [1.54, 1.807) is 0 Å². The van der Waals surface area contributed by atoms with Crippen molar-refractivity contribution in [1.82, 2.24) is 4.90 Å². The van der Waals surface area contributed by atoms with E-state index in [4.69, 9.17) is 4.11 Å².